The van der Waals surface area contributed by atoms with Gasteiger partial charge in [-0.05, 0) is 23.1 Å². The van der Waals surface area contributed by atoms with Crippen LogP contribution in [0.3, 0.4) is 0 Å². The van der Waals surface area contributed by atoms with Crippen molar-refractivity contribution in [2.45, 2.75) is 25.9 Å². The number of fused-ring (bicyclic) bond motifs is 1. The third kappa shape index (κ3) is 2.48. The Kier molecular flexibility index (Phi) is 4.06. The van der Waals surface area contributed by atoms with Crippen LogP contribution in [0.25, 0.3) is 0 Å². The maximum Gasteiger partial charge on any atom is 0.180 e. The van der Waals surface area contributed by atoms with Gasteiger partial charge in [0.05, 0.1) is 17.7 Å². The standard InChI is InChI=1S/C15H20ClNO3/c1-9(2)13-10(12-8-17-3-4-18-12)7-11-15(14(13)16)20-6-5-19-11/h7,9,12,17H,3-6,8H2,1-2H3. The van der Waals surface area contributed by atoms with E-state index in [0.717, 1.165) is 30.0 Å². The molecule has 1 unspecified atom stereocenters. The van der Waals surface area contributed by atoms with E-state index in [9.17, 15) is 0 Å². The second-order valence-electron chi connectivity index (χ2n) is 5.44. The van der Waals surface area contributed by atoms with Gasteiger partial charge < -0.3 is 19.5 Å². The predicted octanol–water partition coefficient (Wildman–Crippen LogP) is 2.90. The highest BCUT2D eigenvalue weighted by Gasteiger charge is 2.28. The topological polar surface area (TPSA) is 39.7 Å². The Hall–Kier alpha value is -0.970. The molecule has 1 saturated heterocycles. The second kappa shape index (κ2) is 5.80. The van der Waals surface area contributed by atoms with E-state index in [4.69, 9.17) is 25.8 Å². The van der Waals surface area contributed by atoms with Gasteiger partial charge in [-0.2, -0.15) is 0 Å². The molecule has 0 radical (unpaired) electrons. The molecule has 1 N–H and O–H groups in total. The van der Waals surface area contributed by atoms with Crippen molar-refractivity contribution < 1.29 is 14.2 Å². The van der Waals surface area contributed by atoms with Gasteiger partial charge in [0.1, 0.15) is 13.2 Å². The van der Waals surface area contributed by atoms with Crippen molar-refractivity contribution in [3.8, 4) is 11.5 Å². The lowest BCUT2D eigenvalue weighted by Gasteiger charge is -2.30. The van der Waals surface area contributed by atoms with Crippen LogP contribution in [0, 0.1) is 0 Å². The summed E-state index contributed by atoms with van der Waals surface area (Å²) in [5.74, 6) is 1.71. The first-order valence-electron chi connectivity index (χ1n) is 7.12. The van der Waals surface area contributed by atoms with Crippen molar-refractivity contribution in [2.75, 3.05) is 32.9 Å². The summed E-state index contributed by atoms with van der Waals surface area (Å²) in [4.78, 5) is 0. The summed E-state index contributed by atoms with van der Waals surface area (Å²) in [6.07, 6.45) is 0.0227. The minimum atomic E-state index is 0.0227. The van der Waals surface area contributed by atoms with Crippen molar-refractivity contribution >= 4 is 11.6 Å². The van der Waals surface area contributed by atoms with E-state index < -0.39 is 0 Å². The normalized spacial score (nSPS) is 22.1. The quantitative estimate of drug-likeness (QED) is 0.911. The molecule has 2 aliphatic heterocycles. The molecular formula is C15H20ClNO3. The minimum Gasteiger partial charge on any atom is -0.486 e. The van der Waals surface area contributed by atoms with Crippen molar-refractivity contribution in [2.24, 2.45) is 0 Å². The van der Waals surface area contributed by atoms with Crippen molar-refractivity contribution in [3.05, 3.63) is 22.2 Å². The molecule has 0 aliphatic carbocycles. The van der Waals surface area contributed by atoms with Gasteiger partial charge in [-0.3, -0.25) is 0 Å². The smallest absolute Gasteiger partial charge is 0.180 e. The first-order chi connectivity index (χ1) is 9.68. The number of hydrogen-bond donors (Lipinski definition) is 1. The first-order valence-corrected chi connectivity index (χ1v) is 7.50. The van der Waals surface area contributed by atoms with E-state index in [-0.39, 0.29) is 6.10 Å². The molecule has 0 spiro atoms. The van der Waals surface area contributed by atoms with Crippen molar-refractivity contribution in [1.82, 2.24) is 5.32 Å². The minimum absolute atomic E-state index is 0.0227. The number of hydrogen-bond acceptors (Lipinski definition) is 4. The van der Waals surface area contributed by atoms with Gasteiger partial charge in [-0.1, -0.05) is 25.4 Å². The number of morpholine rings is 1. The van der Waals surface area contributed by atoms with Crippen LogP contribution in [-0.4, -0.2) is 32.9 Å². The van der Waals surface area contributed by atoms with Crippen LogP contribution in [0.15, 0.2) is 6.07 Å². The molecule has 1 aromatic carbocycles. The number of benzene rings is 1. The Labute approximate surface area is 124 Å². The van der Waals surface area contributed by atoms with Crippen molar-refractivity contribution in [3.63, 3.8) is 0 Å². The van der Waals surface area contributed by atoms with Crippen molar-refractivity contribution in [1.29, 1.82) is 0 Å². The van der Waals surface area contributed by atoms with E-state index in [0.29, 0.717) is 36.5 Å². The Balaban J connectivity index is 2.08. The fourth-order valence-corrected chi connectivity index (χ4v) is 3.27. The number of rotatable bonds is 2. The van der Waals surface area contributed by atoms with Crippen LogP contribution in [0.5, 0.6) is 11.5 Å². The lowest BCUT2D eigenvalue weighted by atomic mass is 9.92. The van der Waals surface area contributed by atoms with Crippen LogP contribution in [0.2, 0.25) is 5.02 Å². The summed E-state index contributed by atoms with van der Waals surface area (Å²) < 4.78 is 17.2. The first kappa shape index (κ1) is 14.0. The number of ether oxygens (including phenoxy) is 3. The Morgan fingerprint density at radius 3 is 2.75 bits per heavy atom. The monoisotopic (exact) mass is 297 g/mol. The van der Waals surface area contributed by atoms with Gasteiger partial charge in [-0.15, -0.1) is 0 Å². The molecule has 2 aliphatic rings. The molecule has 2 heterocycles. The van der Waals surface area contributed by atoms with Gasteiger partial charge >= 0.3 is 0 Å². The van der Waals surface area contributed by atoms with E-state index in [1.54, 1.807) is 0 Å². The van der Waals surface area contributed by atoms with E-state index >= 15 is 0 Å². The maximum absolute atomic E-state index is 6.57. The summed E-state index contributed by atoms with van der Waals surface area (Å²) in [6.45, 7) is 7.79. The molecule has 1 aromatic rings. The Morgan fingerprint density at radius 2 is 2.05 bits per heavy atom. The molecule has 20 heavy (non-hydrogen) atoms. The molecule has 0 amide bonds. The van der Waals surface area contributed by atoms with Crippen LogP contribution in [0.1, 0.15) is 37.0 Å². The molecule has 1 fully saturated rings. The number of halogens is 1. The molecular weight excluding hydrogens is 278 g/mol. The summed E-state index contributed by atoms with van der Waals surface area (Å²) in [5, 5.41) is 4.03. The summed E-state index contributed by atoms with van der Waals surface area (Å²) in [6, 6.07) is 2.04. The second-order valence-corrected chi connectivity index (χ2v) is 5.81. The van der Waals surface area contributed by atoms with E-state index in [1.165, 1.54) is 0 Å². The van der Waals surface area contributed by atoms with Gasteiger partial charge in [0.25, 0.3) is 0 Å². The molecule has 0 bridgehead atoms. The lowest BCUT2D eigenvalue weighted by molar-refractivity contribution is 0.0267. The largest absolute Gasteiger partial charge is 0.486 e. The third-order valence-electron chi connectivity index (χ3n) is 3.70. The van der Waals surface area contributed by atoms with Crippen LogP contribution in [-0.2, 0) is 4.74 Å². The SMILES string of the molecule is CC(C)c1c(C2CNCCO2)cc2c(c1Cl)OCCO2. The fraction of sp³-hybridized carbons (Fsp3) is 0.600. The zero-order valence-corrected chi connectivity index (χ0v) is 12.6. The average Bonchev–Trinajstić information content (AvgIpc) is 2.47. The molecule has 4 nitrogen and oxygen atoms in total. The predicted molar refractivity (Wildman–Crippen MR) is 78.1 cm³/mol. The molecule has 3 rings (SSSR count). The zero-order valence-electron chi connectivity index (χ0n) is 11.9. The van der Waals surface area contributed by atoms with Crippen LogP contribution in [0.4, 0.5) is 0 Å². The fourth-order valence-electron chi connectivity index (χ4n) is 2.80. The van der Waals surface area contributed by atoms with Gasteiger partial charge in [0, 0.05) is 13.1 Å². The maximum atomic E-state index is 6.57. The zero-order chi connectivity index (χ0) is 14.1. The van der Waals surface area contributed by atoms with Gasteiger partial charge in [-0.25, -0.2) is 0 Å². The highest BCUT2D eigenvalue weighted by Crippen LogP contribution is 2.46. The van der Waals surface area contributed by atoms with E-state index in [1.807, 2.05) is 6.07 Å². The summed E-state index contributed by atoms with van der Waals surface area (Å²) >= 11 is 6.57. The third-order valence-corrected chi connectivity index (χ3v) is 4.07. The van der Waals surface area contributed by atoms with E-state index in [2.05, 4.69) is 19.2 Å². The average molecular weight is 298 g/mol. The molecule has 0 saturated carbocycles. The Bertz CT molecular complexity index is 498. The summed E-state index contributed by atoms with van der Waals surface area (Å²) in [7, 11) is 0. The summed E-state index contributed by atoms with van der Waals surface area (Å²) in [5.41, 5.74) is 2.21. The molecule has 5 heteroatoms. The lowest BCUT2D eigenvalue weighted by Crippen LogP contribution is -2.34. The highest BCUT2D eigenvalue weighted by atomic mass is 35.5. The number of nitrogens with one attached hydrogen (secondary N) is 1. The van der Waals surface area contributed by atoms with Crippen LogP contribution < -0.4 is 14.8 Å². The van der Waals surface area contributed by atoms with Gasteiger partial charge in [0.2, 0.25) is 0 Å². The van der Waals surface area contributed by atoms with Gasteiger partial charge in [0.15, 0.2) is 11.5 Å². The molecule has 110 valence electrons. The highest BCUT2D eigenvalue weighted by molar-refractivity contribution is 6.33. The van der Waals surface area contributed by atoms with Crippen LogP contribution >= 0.6 is 11.6 Å². The molecule has 0 aromatic heterocycles. The Morgan fingerprint density at radius 1 is 1.25 bits per heavy atom. The molecule has 1 atom stereocenters.